The van der Waals surface area contributed by atoms with Gasteiger partial charge in [0, 0.05) is 53.7 Å². The van der Waals surface area contributed by atoms with E-state index in [9.17, 15) is 0 Å². The molecule has 0 N–H and O–H groups in total. The highest BCUT2D eigenvalue weighted by molar-refractivity contribution is 7.25. The third-order valence-electron chi connectivity index (χ3n) is 10.9. The number of thiophene rings is 1. The van der Waals surface area contributed by atoms with E-state index < -0.39 is 0 Å². The van der Waals surface area contributed by atoms with Gasteiger partial charge in [-0.1, -0.05) is 133 Å². The number of nitrogens with zero attached hydrogens (tertiary/aromatic N) is 2. The van der Waals surface area contributed by atoms with E-state index in [-0.39, 0.29) is 0 Å². The van der Waals surface area contributed by atoms with Gasteiger partial charge >= 0.3 is 0 Å². The van der Waals surface area contributed by atoms with Crippen LogP contribution in [0.3, 0.4) is 0 Å². The number of para-hydroxylation sites is 2. The maximum Gasteiger partial charge on any atom is 0.0547 e. The van der Waals surface area contributed by atoms with Crippen molar-refractivity contribution in [2.75, 3.05) is 4.90 Å². The lowest BCUT2D eigenvalue weighted by Gasteiger charge is -2.26. The molecular weight excluding hydrogens is 685 g/mol. The predicted octanol–water partition coefficient (Wildman–Crippen LogP) is 15.1. The zero-order chi connectivity index (χ0) is 36.3. The largest absolute Gasteiger partial charge is 0.310 e. The van der Waals surface area contributed by atoms with Gasteiger partial charge in [0.1, 0.15) is 0 Å². The van der Waals surface area contributed by atoms with E-state index in [0.717, 1.165) is 17.1 Å². The number of fused-ring (bicyclic) bond motifs is 7. The van der Waals surface area contributed by atoms with E-state index >= 15 is 0 Å². The summed E-state index contributed by atoms with van der Waals surface area (Å²) < 4.78 is 4.99. The highest BCUT2D eigenvalue weighted by atomic mass is 32.1. The van der Waals surface area contributed by atoms with Crippen LogP contribution in [0, 0.1) is 0 Å². The molecule has 0 bridgehead atoms. The Morgan fingerprint density at radius 1 is 0.327 bits per heavy atom. The van der Waals surface area contributed by atoms with Crippen molar-refractivity contribution in [2.24, 2.45) is 0 Å². The predicted molar refractivity (Wildman–Crippen MR) is 237 cm³/mol. The second-order valence-electron chi connectivity index (χ2n) is 14.2. The lowest BCUT2D eigenvalue weighted by molar-refractivity contribution is 1.18. The Morgan fingerprint density at radius 2 is 0.927 bits per heavy atom. The van der Waals surface area contributed by atoms with Crippen molar-refractivity contribution in [3.63, 3.8) is 0 Å². The van der Waals surface area contributed by atoms with Crippen molar-refractivity contribution in [1.82, 2.24) is 4.57 Å². The van der Waals surface area contributed by atoms with Gasteiger partial charge in [-0.25, -0.2) is 0 Å². The van der Waals surface area contributed by atoms with E-state index in [0.29, 0.717) is 0 Å². The van der Waals surface area contributed by atoms with E-state index in [1.165, 1.54) is 80.7 Å². The van der Waals surface area contributed by atoms with Crippen LogP contribution in [0.4, 0.5) is 17.1 Å². The Balaban J connectivity index is 1.03. The second-order valence-corrected chi connectivity index (χ2v) is 15.3. The van der Waals surface area contributed by atoms with Crippen LogP contribution in [-0.2, 0) is 0 Å². The molecule has 0 unspecified atom stereocenters. The van der Waals surface area contributed by atoms with Crippen LogP contribution < -0.4 is 4.90 Å². The molecule has 11 aromatic rings. The Morgan fingerprint density at radius 3 is 1.80 bits per heavy atom. The standard InChI is InChI=1S/C52H34N2S/c1-2-17-41(18-3-1)54-49-22-8-6-20-45(49)46-28-25-40(33-50(46)54)37-15-10-14-36(30-37)39-16-11-19-42(32-39)53(43-26-24-35-12-4-5-13-38(35)31-43)44-27-29-48-47-21-7-9-23-51(47)55-52(48)34-44/h1-34H. The maximum absolute atomic E-state index is 2.40. The van der Waals surface area contributed by atoms with Crippen molar-refractivity contribution in [3.8, 4) is 27.9 Å². The molecule has 0 spiro atoms. The molecule has 0 aliphatic heterocycles. The van der Waals surface area contributed by atoms with Crippen molar-refractivity contribution in [3.05, 3.63) is 206 Å². The zero-order valence-corrected chi connectivity index (χ0v) is 30.7. The van der Waals surface area contributed by atoms with Crippen molar-refractivity contribution >= 4 is 81.1 Å². The molecule has 0 aliphatic carbocycles. The molecule has 11 rings (SSSR count). The van der Waals surface area contributed by atoms with Crippen LogP contribution in [0.15, 0.2) is 206 Å². The molecule has 55 heavy (non-hydrogen) atoms. The van der Waals surface area contributed by atoms with Crippen molar-refractivity contribution in [1.29, 1.82) is 0 Å². The lowest BCUT2D eigenvalue weighted by atomic mass is 9.97. The first-order valence-corrected chi connectivity index (χ1v) is 19.6. The van der Waals surface area contributed by atoms with E-state index in [1.54, 1.807) is 0 Å². The summed E-state index contributed by atoms with van der Waals surface area (Å²) in [4.78, 5) is 2.40. The monoisotopic (exact) mass is 718 g/mol. The molecule has 3 heteroatoms. The first-order valence-electron chi connectivity index (χ1n) is 18.7. The third kappa shape index (κ3) is 5.40. The maximum atomic E-state index is 2.40. The second kappa shape index (κ2) is 12.9. The molecule has 0 fully saturated rings. The topological polar surface area (TPSA) is 8.17 Å². The number of benzene rings is 9. The summed E-state index contributed by atoms with van der Waals surface area (Å²) in [6, 6.07) is 75.3. The van der Waals surface area contributed by atoms with Gasteiger partial charge in [0.25, 0.3) is 0 Å². The van der Waals surface area contributed by atoms with Gasteiger partial charge in [-0.05, 0) is 106 Å². The summed E-state index contributed by atoms with van der Waals surface area (Å²) in [5, 5.41) is 7.60. The minimum atomic E-state index is 1.12. The fraction of sp³-hybridized carbons (Fsp3) is 0. The highest BCUT2D eigenvalue weighted by Gasteiger charge is 2.17. The van der Waals surface area contributed by atoms with Gasteiger partial charge in [-0.15, -0.1) is 11.3 Å². The fourth-order valence-electron chi connectivity index (χ4n) is 8.32. The number of aromatic nitrogens is 1. The van der Waals surface area contributed by atoms with Crippen LogP contribution in [-0.4, -0.2) is 4.57 Å². The van der Waals surface area contributed by atoms with Gasteiger partial charge in [0.05, 0.1) is 11.0 Å². The molecule has 2 nitrogen and oxygen atoms in total. The Kier molecular flexibility index (Phi) is 7.39. The Labute approximate surface area is 323 Å². The smallest absolute Gasteiger partial charge is 0.0547 e. The van der Waals surface area contributed by atoms with Gasteiger partial charge in [0.2, 0.25) is 0 Å². The summed E-state index contributed by atoms with van der Waals surface area (Å²) in [6.45, 7) is 0. The number of rotatable bonds is 6. The van der Waals surface area contributed by atoms with Gasteiger partial charge < -0.3 is 9.47 Å². The fourth-order valence-corrected chi connectivity index (χ4v) is 9.46. The van der Waals surface area contributed by atoms with E-state index in [1.807, 2.05) is 11.3 Å². The quantitative estimate of drug-likeness (QED) is 0.166. The van der Waals surface area contributed by atoms with Crippen LogP contribution in [0.2, 0.25) is 0 Å². The molecule has 2 aromatic heterocycles. The SMILES string of the molecule is c1ccc(-n2c3ccccc3c3ccc(-c4cccc(-c5cccc(N(c6ccc7ccccc7c6)c6ccc7c(c6)sc6ccccc67)c5)c4)cc32)cc1. The van der Waals surface area contributed by atoms with Gasteiger partial charge in [-0.2, -0.15) is 0 Å². The molecule has 0 amide bonds. The molecule has 258 valence electrons. The molecule has 0 saturated heterocycles. The van der Waals surface area contributed by atoms with Crippen molar-refractivity contribution < 1.29 is 0 Å². The minimum absolute atomic E-state index is 1.12. The minimum Gasteiger partial charge on any atom is -0.310 e. The summed E-state index contributed by atoms with van der Waals surface area (Å²) in [5.41, 5.74) is 11.7. The number of hydrogen-bond donors (Lipinski definition) is 0. The Hall–Kier alpha value is -6.94. The third-order valence-corrected chi connectivity index (χ3v) is 12.1. The normalized spacial score (nSPS) is 11.6. The van der Waals surface area contributed by atoms with E-state index in [2.05, 4.69) is 216 Å². The summed E-state index contributed by atoms with van der Waals surface area (Å²) in [5.74, 6) is 0. The van der Waals surface area contributed by atoms with E-state index in [4.69, 9.17) is 0 Å². The van der Waals surface area contributed by atoms with Crippen LogP contribution in [0.1, 0.15) is 0 Å². The van der Waals surface area contributed by atoms with Gasteiger partial charge in [-0.3, -0.25) is 0 Å². The molecule has 0 atom stereocenters. The zero-order valence-electron chi connectivity index (χ0n) is 29.9. The summed E-state index contributed by atoms with van der Waals surface area (Å²) in [6.07, 6.45) is 0. The molecular formula is C52H34N2S. The molecule has 9 aromatic carbocycles. The first-order chi connectivity index (χ1) is 27.2. The van der Waals surface area contributed by atoms with Crippen LogP contribution in [0.5, 0.6) is 0 Å². The van der Waals surface area contributed by atoms with Crippen LogP contribution in [0.25, 0.3) is 80.7 Å². The first kappa shape index (κ1) is 31.6. The Bertz CT molecular complexity index is 3220. The highest BCUT2D eigenvalue weighted by Crippen LogP contribution is 2.42. The molecule has 0 radical (unpaired) electrons. The average Bonchev–Trinajstić information content (AvgIpc) is 3.79. The lowest BCUT2D eigenvalue weighted by Crippen LogP contribution is -2.10. The number of anilines is 3. The van der Waals surface area contributed by atoms with Crippen LogP contribution >= 0.6 is 11.3 Å². The molecule has 0 aliphatic rings. The summed E-state index contributed by atoms with van der Waals surface area (Å²) in [7, 11) is 0. The molecule has 2 heterocycles. The molecule has 0 saturated carbocycles. The van der Waals surface area contributed by atoms with Gasteiger partial charge in [0.15, 0.2) is 0 Å². The summed E-state index contributed by atoms with van der Waals surface area (Å²) >= 11 is 1.86. The number of hydrogen-bond acceptors (Lipinski definition) is 2. The average molecular weight is 719 g/mol. The van der Waals surface area contributed by atoms with Crippen molar-refractivity contribution in [2.45, 2.75) is 0 Å².